The molecule has 5 N–H and O–H groups in total. The number of rotatable bonds is 3. The molecular formula is C20H16ClF3N4O2S. The smallest absolute Gasteiger partial charge is 0.417 e. The van der Waals surface area contributed by atoms with E-state index >= 15 is 0 Å². The van der Waals surface area contributed by atoms with Gasteiger partial charge in [0.1, 0.15) is 5.69 Å². The molecule has 11 heteroatoms. The number of hydrogen-bond acceptors (Lipinski definition) is 4. The van der Waals surface area contributed by atoms with Gasteiger partial charge in [0.15, 0.2) is 5.11 Å². The fraction of sp³-hybridized carbons (Fsp3) is 0.0500. The number of carboxylic acids is 1. The first-order chi connectivity index (χ1) is 14.6. The van der Waals surface area contributed by atoms with Gasteiger partial charge in [0.25, 0.3) is 0 Å². The number of nitrogens with two attached hydrogens (primary N) is 1. The van der Waals surface area contributed by atoms with Crippen LogP contribution in [0, 0.1) is 0 Å². The van der Waals surface area contributed by atoms with Crippen LogP contribution in [0.25, 0.3) is 0 Å². The number of carbonyl (C=O) groups is 1. The average molecular weight is 469 g/mol. The number of nitrogen functional groups attached to an aromatic ring is 1. The molecule has 162 valence electrons. The number of aromatic carboxylic acids is 1. The highest BCUT2D eigenvalue weighted by Crippen LogP contribution is 2.36. The monoisotopic (exact) mass is 468 g/mol. The number of aromatic nitrogens is 1. The SMILES string of the molecule is Nc1ccc(NC(=S)Nc2ccc(Cl)c(C(F)(F)F)c2)cc1.O=C(O)c1ccccn1. The van der Waals surface area contributed by atoms with Crippen LogP contribution < -0.4 is 16.4 Å². The highest BCUT2D eigenvalue weighted by molar-refractivity contribution is 7.80. The van der Waals surface area contributed by atoms with Crippen LogP contribution in [-0.2, 0) is 6.18 Å². The molecule has 0 atom stereocenters. The molecule has 1 aromatic heterocycles. The minimum atomic E-state index is -4.53. The van der Waals surface area contributed by atoms with Crippen LogP contribution >= 0.6 is 23.8 Å². The van der Waals surface area contributed by atoms with Crippen molar-refractivity contribution >= 4 is 52.0 Å². The largest absolute Gasteiger partial charge is 0.477 e. The Kier molecular flexibility index (Phi) is 8.17. The first kappa shape index (κ1) is 23.9. The normalized spacial score (nSPS) is 10.5. The number of carboxylic acid groups (broad SMARTS) is 1. The maximum atomic E-state index is 12.8. The molecule has 0 amide bonds. The van der Waals surface area contributed by atoms with Gasteiger partial charge in [-0.25, -0.2) is 9.78 Å². The Morgan fingerprint density at radius 1 is 1.03 bits per heavy atom. The molecule has 0 radical (unpaired) electrons. The molecule has 0 unspecified atom stereocenters. The van der Waals surface area contributed by atoms with Gasteiger partial charge in [-0.2, -0.15) is 13.2 Å². The number of anilines is 3. The van der Waals surface area contributed by atoms with Gasteiger partial charge in [0.2, 0.25) is 0 Å². The number of nitrogens with one attached hydrogen (secondary N) is 2. The third kappa shape index (κ3) is 7.76. The summed E-state index contributed by atoms with van der Waals surface area (Å²) in [6.45, 7) is 0. The van der Waals surface area contributed by atoms with E-state index in [2.05, 4.69) is 15.6 Å². The third-order valence-electron chi connectivity index (χ3n) is 3.58. The predicted molar refractivity (Wildman–Crippen MR) is 118 cm³/mol. The minimum Gasteiger partial charge on any atom is -0.477 e. The number of hydrogen-bond donors (Lipinski definition) is 4. The topological polar surface area (TPSA) is 100 Å². The van der Waals surface area contributed by atoms with Gasteiger partial charge < -0.3 is 21.5 Å². The lowest BCUT2D eigenvalue weighted by molar-refractivity contribution is -0.137. The highest BCUT2D eigenvalue weighted by Gasteiger charge is 2.33. The standard InChI is InChI=1S/C14H11ClF3N3S.C6H5NO2/c15-12-6-5-10(7-11(12)14(16,17)18)21-13(22)20-9-3-1-8(19)2-4-9;8-6(9)5-3-1-2-4-7-5/h1-7H,19H2,(H2,20,21,22);1-4H,(H,8,9). The molecule has 0 bridgehead atoms. The second-order valence-corrected chi connectivity index (χ2v) is 6.73. The van der Waals surface area contributed by atoms with Crippen molar-refractivity contribution in [1.29, 1.82) is 0 Å². The second-order valence-electron chi connectivity index (χ2n) is 5.91. The fourth-order valence-corrected chi connectivity index (χ4v) is 2.63. The van der Waals surface area contributed by atoms with Crippen molar-refractivity contribution in [3.05, 3.63) is 83.1 Å². The average Bonchev–Trinajstić information content (AvgIpc) is 2.71. The molecule has 0 saturated carbocycles. The molecule has 0 aliphatic heterocycles. The molecule has 3 rings (SSSR count). The lowest BCUT2D eigenvalue weighted by Gasteiger charge is -2.14. The molecule has 6 nitrogen and oxygen atoms in total. The molecule has 0 aliphatic rings. The Balaban J connectivity index is 0.000000316. The lowest BCUT2D eigenvalue weighted by atomic mass is 10.2. The molecule has 2 aromatic carbocycles. The molecule has 1 heterocycles. The lowest BCUT2D eigenvalue weighted by Crippen LogP contribution is -2.19. The maximum absolute atomic E-state index is 12.8. The highest BCUT2D eigenvalue weighted by atomic mass is 35.5. The van der Waals surface area contributed by atoms with Gasteiger partial charge in [0, 0.05) is 23.3 Å². The third-order valence-corrected chi connectivity index (χ3v) is 4.12. The van der Waals surface area contributed by atoms with E-state index in [-0.39, 0.29) is 21.5 Å². The van der Waals surface area contributed by atoms with E-state index in [1.165, 1.54) is 24.4 Å². The van der Waals surface area contributed by atoms with Crippen molar-refractivity contribution in [1.82, 2.24) is 4.98 Å². The fourth-order valence-electron chi connectivity index (χ4n) is 2.17. The molecule has 3 aromatic rings. The van der Waals surface area contributed by atoms with Crippen molar-refractivity contribution in [3.63, 3.8) is 0 Å². The maximum Gasteiger partial charge on any atom is 0.417 e. The van der Waals surface area contributed by atoms with Crippen molar-refractivity contribution in [3.8, 4) is 0 Å². The van der Waals surface area contributed by atoms with Gasteiger partial charge in [-0.15, -0.1) is 0 Å². The van der Waals surface area contributed by atoms with Crippen molar-refractivity contribution in [2.75, 3.05) is 16.4 Å². The first-order valence-corrected chi connectivity index (χ1v) is 9.29. The summed E-state index contributed by atoms with van der Waals surface area (Å²) >= 11 is 10.6. The van der Waals surface area contributed by atoms with Crippen LogP contribution in [0.5, 0.6) is 0 Å². The zero-order valence-corrected chi connectivity index (χ0v) is 17.2. The van der Waals surface area contributed by atoms with Gasteiger partial charge in [-0.05, 0) is 66.8 Å². The van der Waals surface area contributed by atoms with Crippen molar-refractivity contribution < 1.29 is 23.1 Å². The van der Waals surface area contributed by atoms with E-state index in [0.717, 1.165) is 6.07 Å². The summed E-state index contributed by atoms with van der Waals surface area (Å²) < 4.78 is 38.3. The molecular weight excluding hydrogens is 453 g/mol. The van der Waals surface area contributed by atoms with Crippen molar-refractivity contribution in [2.45, 2.75) is 6.18 Å². The number of nitrogens with zero attached hydrogens (tertiary/aromatic N) is 1. The van der Waals surface area contributed by atoms with E-state index in [1.807, 2.05) is 0 Å². The zero-order chi connectivity index (χ0) is 23.0. The Morgan fingerprint density at radius 2 is 1.65 bits per heavy atom. The van der Waals surface area contributed by atoms with Crippen molar-refractivity contribution in [2.24, 2.45) is 0 Å². The Labute approximate surface area is 185 Å². The van der Waals surface area contributed by atoms with Gasteiger partial charge in [-0.1, -0.05) is 17.7 Å². The van der Waals surface area contributed by atoms with Crippen LogP contribution in [0.1, 0.15) is 16.1 Å². The number of benzene rings is 2. The van der Waals surface area contributed by atoms with Crippen LogP contribution in [0.3, 0.4) is 0 Å². The van der Waals surface area contributed by atoms with E-state index in [4.69, 9.17) is 34.7 Å². The van der Waals surface area contributed by atoms with Crippen LogP contribution in [-0.4, -0.2) is 21.2 Å². The summed E-state index contributed by atoms with van der Waals surface area (Å²) in [5.41, 5.74) is 6.16. The molecule has 0 saturated heterocycles. The van der Waals surface area contributed by atoms with Crippen LogP contribution in [0.4, 0.5) is 30.2 Å². The van der Waals surface area contributed by atoms with Crippen LogP contribution in [0.2, 0.25) is 5.02 Å². The molecule has 0 aliphatic carbocycles. The van der Waals surface area contributed by atoms with E-state index in [9.17, 15) is 18.0 Å². The Bertz CT molecular complexity index is 1050. The number of thiocarbonyl (C=S) groups is 1. The van der Waals surface area contributed by atoms with Gasteiger partial charge in [-0.3, -0.25) is 0 Å². The molecule has 0 fully saturated rings. The van der Waals surface area contributed by atoms with E-state index in [1.54, 1.807) is 36.4 Å². The van der Waals surface area contributed by atoms with Crippen LogP contribution in [0.15, 0.2) is 66.9 Å². The minimum absolute atomic E-state index is 0.0810. The van der Waals surface area contributed by atoms with Gasteiger partial charge in [0.05, 0.1) is 10.6 Å². The van der Waals surface area contributed by atoms with E-state index < -0.39 is 17.7 Å². The summed E-state index contributed by atoms with van der Waals surface area (Å²) in [4.78, 5) is 13.7. The number of alkyl halides is 3. The van der Waals surface area contributed by atoms with E-state index in [0.29, 0.717) is 11.4 Å². The summed E-state index contributed by atoms with van der Waals surface area (Å²) in [7, 11) is 0. The second kappa shape index (κ2) is 10.6. The molecule has 31 heavy (non-hydrogen) atoms. The predicted octanol–water partition coefficient (Wildman–Crippen LogP) is 5.53. The summed E-state index contributed by atoms with van der Waals surface area (Å²) in [5, 5.41) is 13.6. The number of pyridine rings is 1. The zero-order valence-electron chi connectivity index (χ0n) is 15.7. The quantitative estimate of drug-likeness (QED) is 0.296. The Hall–Kier alpha value is -3.37. The summed E-state index contributed by atoms with van der Waals surface area (Å²) in [5.74, 6) is -0.990. The summed E-state index contributed by atoms with van der Waals surface area (Å²) in [6, 6.07) is 15.0. The summed E-state index contributed by atoms with van der Waals surface area (Å²) in [6.07, 6.45) is -3.08. The van der Waals surface area contributed by atoms with Gasteiger partial charge >= 0.3 is 12.1 Å². The Morgan fingerprint density at radius 3 is 2.16 bits per heavy atom. The number of halogens is 4. The molecule has 0 spiro atoms. The first-order valence-electron chi connectivity index (χ1n) is 8.51.